The highest BCUT2D eigenvalue weighted by Crippen LogP contribution is 2.34. The molecule has 0 saturated heterocycles. The summed E-state index contributed by atoms with van der Waals surface area (Å²) in [6.45, 7) is -0.198. The molecule has 0 N–H and O–H groups in total. The number of nitro benzene ring substituents is 2. The lowest BCUT2D eigenvalue weighted by atomic mass is 10.1. The molecule has 0 fully saturated rings. The van der Waals surface area contributed by atoms with Crippen molar-refractivity contribution in [1.29, 1.82) is 0 Å². The van der Waals surface area contributed by atoms with Gasteiger partial charge in [-0.2, -0.15) is 9.78 Å². The number of nitrogens with zero attached hydrogens (tertiary/aromatic N) is 5. The Morgan fingerprint density at radius 3 is 2.52 bits per heavy atom. The largest absolute Gasteiger partial charge is 0.496 e. The van der Waals surface area contributed by atoms with Gasteiger partial charge >= 0.3 is 5.69 Å². The number of methoxy groups -OCH3 is 1. The van der Waals surface area contributed by atoms with Gasteiger partial charge in [-0.15, -0.1) is 0 Å². The maximum absolute atomic E-state index is 13.7. The number of ether oxygens (including phenoxy) is 2. The molecule has 13 heteroatoms. The van der Waals surface area contributed by atoms with Crippen LogP contribution in [0.1, 0.15) is 11.1 Å². The number of fused-ring (bicyclic) bond motifs is 2. The molecule has 13 nitrogen and oxygen atoms in total. The lowest BCUT2D eigenvalue weighted by Gasteiger charge is -2.10. The second-order valence-electron chi connectivity index (χ2n) is 9.47. The van der Waals surface area contributed by atoms with Crippen LogP contribution in [0.5, 0.6) is 11.5 Å². The van der Waals surface area contributed by atoms with Crippen molar-refractivity contribution < 1.29 is 23.7 Å². The topological polar surface area (TPSA) is 165 Å². The van der Waals surface area contributed by atoms with E-state index >= 15 is 0 Å². The van der Waals surface area contributed by atoms with Gasteiger partial charge in [0.15, 0.2) is 5.76 Å². The van der Waals surface area contributed by atoms with Gasteiger partial charge in [-0.1, -0.05) is 36.4 Å². The van der Waals surface area contributed by atoms with Gasteiger partial charge in [0.1, 0.15) is 17.9 Å². The normalized spacial score (nSPS) is 11.3. The number of furan rings is 1. The van der Waals surface area contributed by atoms with Crippen molar-refractivity contribution in [3.8, 4) is 23.1 Å². The summed E-state index contributed by atoms with van der Waals surface area (Å²) in [6.07, 6.45) is 1.25. The SMILES string of the molecule is COc1cccc2oc(-c3nc4ccccc4c(=O)n3N=Cc3cccc([N+](=O)[O-])c3OCc3cccc([N+](=O)[O-])c3)cc12. The molecule has 0 atom stereocenters. The van der Waals surface area contributed by atoms with E-state index in [0.717, 1.165) is 4.68 Å². The Balaban J connectivity index is 1.46. The first-order chi connectivity index (χ1) is 21.3. The molecule has 4 aromatic carbocycles. The smallest absolute Gasteiger partial charge is 0.311 e. The minimum absolute atomic E-state index is 0.0905. The summed E-state index contributed by atoms with van der Waals surface area (Å²) in [5, 5.41) is 28.4. The van der Waals surface area contributed by atoms with E-state index in [4.69, 9.17) is 13.9 Å². The molecule has 2 heterocycles. The third-order valence-corrected chi connectivity index (χ3v) is 6.75. The van der Waals surface area contributed by atoms with Crippen molar-refractivity contribution in [2.75, 3.05) is 7.11 Å². The molecule has 0 unspecified atom stereocenters. The summed E-state index contributed by atoms with van der Waals surface area (Å²) in [5.74, 6) is 0.765. The highest BCUT2D eigenvalue weighted by atomic mass is 16.6. The molecular weight excluding hydrogens is 570 g/mol. The predicted molar refractivity (Wildman–Crippen MR) is 161 cm³/mol. The molecule has 0 spiro atoms. The van der Waals surface area contributed by atoms with Gasteiger partial charge in [-0.05, 0) is 42.0 Å². The molecule has 2 aromatic heterocycles. The van der Waals surface area contributed by atoms with Crippen LogP contribution in [0.3, 0.4) is 0 Å². The number of aromatic nitrogens is 2. The summed E-state index contributed by atoms with van der Waals surface area (Å²) in [5.41, 5.74) is 0.538. The zero-order chi connectivity index (χ0) is 30.8. The molecule has 0 aliphatic rings. The average molecular weight is 592 g/mol. The van der Waals surface area contributed by atoms with Crippen LogP contribution in [0.25, 0.3) is 33.5 Å². The van der Waals surface area contributed by atoms with Gasteiger partial charge in [0.2, 0.25) is 11.6 Å². The highest BCUT2D eigenvalue weighted by Gasteiger charge is 2.21. The fraction of sp³-hybridized carbons (Fsp3) is 0.0645. The second-order valence-corrected chi connectivity index (χ2v) is 9.47. The fourth-order valence-corrected chi connectivity index (χ4v) is 4.69. The van der Waals surface area contributed by atoms with Gasteiger partial charge in [0.05, 0.1) is 39.5 Å². The Bertz CT molecular complexity index is 2170. The Morgan fingerprint density at radius 2 is 1.73 bits per heavy atom. The van der Waals surface area contributed by atoms with Crippen LogP contribution in [-0.2, 0) is 6.61 Å². The Morgan fingerprint density at radius 1 is 0.932 bits per heavy atom. The zero-order valence-corrected chi connectivity index (χ0v) is 22.9. The Kier molecular flexibility index (Phi) is 7.25. The van der Waals surface area contributed by atoms with E-state index in [1.807, 2.05) is 0 Å². The first-order valence-electron chi connectivity index (χ1n) is 13.1. The summed E-state index contributed by atoms with van der Waals surface area (Å²) in [4.78, 5) is 40.2. The van der Waals surface area contributed by atoms with Crippen LogP contribution in [0, 0.1) is 20.2 Å². The van der Waals surface area contributed by atoms with Crippen LogP contribution in [-0.4, -0.2) is 32.8 Å². The molecule has 6 aromatic rings. The van der Waals surface area contributed by atoms with Gasteiger partial charge in [-0.3, -0.25) is 25.0 Å². The van der Waals surface area contributed by atoms with Crippen LogP contribution < -0.4 is 15.0 Å². The van der Waals surface area contributed by atoms with Crippen LogP contribution in [0.2, 0.25) is 0 Å². The van der Waals surface area contributed by atoms with E-state index in [1.165, 1.54) is 49.7 Å². The first-order valence-corrected chi connectivity index (χ1v) is 13.1. The van der Waals surface area contributed by atoms with Crippen LogP contribution in [0.15, 0.2) is 105 Å². The monoisotopic (exact) mass is 591 g/mol. The van der Waals surface area contributed by atoms with Crippen LogP contribution in [0.4, 0.5) is 11.4 Å². The van der Waals surface area contributed by atoms with E-state index in [0.29, 0.717) is 33.2 Å². The fourth-order valence-electron chi connectivity index (χ4n) is 4.69. The van der Waals surface area contributed by atoms with Crippen molar-refractivity contribution >= 4 is 39.5 Å². The van der Waals surface area contributed by atoms with E-state index in [2.05, 4.69) is 10.1 Å². The minimum atomic E-state index is -0.614. The zero-order valence-electron chi connectivity index (χ0n) is 22.9. The first kappa shape index (κ1) is 27.8. The number of hydrogen-bond donors (Lipinski definition) is 0. The molecule has 0 aliphatic heterocycles. The molecule has 218 valence electrons. The second kappa shape index (κ2) is 11.5. The molecule has 0 saturated carbocycles. The Labute approximate surface area is 247 Å². The van der Waals surface area contributed by atoms with E-state index in [1.54, 1.807) is 54.6 Å². The van der Waals surface area contributed by atoms with Crippen molar-refractivity contribution in [2.24, 2.45) is 5.10 Å². The third kappa shape index (κ3) is 5.20. The van der Waals surface area contributed by atoms with Crippen molar-refractivity contribution in [3.63, 3.8) is 0 Å². The number of rotatable bonds is 9. The molecular formula is C31H21N5O8. The number of nitro groups is 2. The predicted octanol–water partition coefficient (Wildman–Crippen LogP) is 6.10. The van der Waals surface area contributed by atoms with E-state index < -0.39 is 15.4 Å². The van der Waals surface area contributed by atoms with E-state index in [9.17, 15) is 25.0 Å². The standard InChI is InChI=1S/C31H21N5O8/c1-42-26-13-6-14-27-23(26)16-28(44-27)30-33-24-11-3-2-10-22(24)31(37)34(30)32-17-20-8-5-12-25(36(40)41)29(20)43-18-19-7-4-9-21(15-19)35(38)39/h2-17H,18H2,1H3. The number of benzene rings is 4. The summed E-state index contributed by atoms with van der Waals surface area (Å²) in [7, 11) is 1.54. The molecule has 44 heavy (non-hydrogen) atoms. The molecule has 0 aliphatic carbocycles. The number of non-ortho nitro benzene ring substituents is 1. The molecule has 0 amide bonds. The minimum Gasteiger partial charge on any atom is -0.496 e. The molecule has 6 rings (SSSR count). The maximum atomic E-state index is 13.7. The van der Waals surface area contributed by atoms with Gasteiger partial charge in [-0.25, -0.2) is 4.98 Å². The molecule has 0 bridgehead atoms. The summed E-state index contributed by atoms with van der Waals surface area (Å²) < 4.78 is 18.4. The quantitative estimate of drug-likeness (QED) is 0.110. The molecule has 0 radical (unpaired) electrons. The number of para-hydroxylation sites is 2. The van der Waals surface area contributed by atoms with Crippen molar-refractivity contribution in [1.82, 2.24) is 9.66 Å². The average Bonchev–Trinajstić information content (AvgIpc) is 3.48. The van der Waals surface area contributed by atoms with Gasteiger partial charge in [0, 0.05) is 23.8 Å². The summed E-state index contributed by atoms with van der Waals surface area (Å²) in [6, 6.07) is 23.7. The Hall–Kier alpha value is -6.37. The highest BCUT2D eigenvalue weighted by molar-refractivity contribution is 5.89. The van der Waals surface area contributed by atoms with Crippen molar-refractivity contribution in [2.45, 2.75) is 6.61 Å². The lowest BCUT2D eigenvalue weighted by Crippen LogP contribution is -2.20. The number of hydrogen-bond acceptors (Lipinski definition) is 10. The van der Waals surface area contributed by atoms with Crippen molar-refractivity contribution in [3.05, 3.63) is 133 Å². The van der Waals surface area contributed by atoms with Gasteiger partial charge in [0.25, 0.3) is 11.2 Å². The van der Waals surface area contributed by atoms with Gasteiger partial charge < -0.3 is 13.9 Å². The summed E-state index contributed by atoms with van der Waals surface area (Å²) >= 11 is 0. The lowest BCUT2D eigenvalue weighted by molar-refractivity contribution is -0.386. The van der Waals surface area contributed by atoms with E-state index in [-0.39, 0.29) is 40.9 Å². The third-order valence-electron chi connectivity index (χ3n) is 6.75. The van der Waals surface area contributed by atoms with Crippen LogP contribution >= 0.6 is 0 Å². The maximum Gasteiger partial charge on any atom is 0.311 e.